The second kappa shape index (κ2) is 4.99. The van der Waals surface area contributed by atoms with Crippen molar-refractivity contribution in [2.24, 2.45) is 5.73 Å². The molecule has 0 saturated heterocycles. The van der Waals surface area contributed by atoms with Crippen molar-refractivity contribution in [2.75, 3.05) is 7.11 Å². The summed E-state index contributed by atoms with van der Waals surface area (Å²) in [5, 5.41) is 0. The van der Waals surface area contributed by atoms with Crippen LogP contribution in [-0.2, 0) is 6.42 Å². The number of hydrogen-bond acceptors (Lipinski definition) is 2. The van der Waals surface area contributed by atoms with Crippen molar-refractivity contribution in [3.63, 3.8) is 0 Å². The summed E-state index contributed by atoms with van der Waals surface area (Å²) in [6.07, 6.45) is 1.88. The molecule has 0 radical (unpaired) electrons. The van der Waals surface area contributed by atoms with E-state index < -0.39 is 0 Å². The van der Waals surface area contributed by atoms with Gasteiger partial charge in [-0.1, -0.05) is 15.9 Å². The molecule has 2 nitrogen and oxygen atoms in total. The van der Waals surface area contributed by atoms with E-state index in [1.807, 2.05) is 26.0 Å². The molecule has 0 aliphatic heterocycles. The van der Waals surface area contributed by atoms with E-state index >= 15 is 0 Å². The molecular weight excluding hydrogens is 254 g/mol. The first kappa shape index (κ1) is 12.5. The van der Waals surface area contributed by atoms with Gasteiger partial charge >= 0.3 is 0 Å². The van der Waals surface area contributed by atoms with Crippen LogP contribution in [0.15, 0.2) is 22.7 Å². The Balaban J connectivity index is 2.79. The summed E-state index contributed by atoms with van der Waals surface area (Å²) < 4.78 is 6.38. The third-order valence-electron chi connectivity index (χ3n) is 2.28. The van der Waals surface area contributed by atoms with Crippen LogP contribution in [0.2, 0.25) is 0 Å². The molecule has 3 heteroatoms. The number of halogens is 1. The molecule has 0 aliphatic rings. The van der Waals surface area contributed by atoms with Crippen molar-refractivity contribution in [3.05, 3.63) is 28.2 Å². The Hall–Kier alpha value is -0.540. The van der Waals surface area contributed by atoms with Crippen LogP contribution in [0, 0.1) is 0 Å². The SMILES string of the molecule is COc1ccc(Br)cc1CCC(C)(C)N. The van der Waals surface area contributed by atoms with Crippen molar-refractivity contribution in [3.8, 4) is 5.75 Å². The molecule has 0 heterocycles. The minimum absolute atomic E-state index is 0.132. The van der Waals surface area contributed by atoms with Crippen LogP contribution in [0.4, 0.5) is 0 Å². The average molecular weight is 272 g/mol. The molecule has 2 N–H and O–H groups in total. The van der Waals surface area contributed by atoms with Gasteiger partial charge in [-0.3, -0.25) is 0 Å². The highest BCUT2D eigenvalue weighted by Gasteiger charge is 2.12. The number of methoxy groups -OCH3 is 1. The van der Waals surface area contributed by atoms with E-state index in [2.05, 4.69) is 22.0 Å². The molecule has 0 aliphatic carbocycles. The van der Waals surface area contributed by atoms with Gasteiger partial charge in [-0.15, -0.1) is 0 Å². The van der Waals surface area contributed by atoms with Gasteiger partial charge < -0.3 is 10.5 Å². The third kappa shape index (κ3) is 4.22. The van der Waals surface area contributed by atoms with E-state index in [1.165, 1.54) is 5.56 Å². The number of nitrogens with two attached hydrogens (primary N) is 1. The summed E-state index contributed by atoms with van der Waals surface area (Å²) in [6.45, 7) is 4.08. The van der Waals surface area contributed by atoms with Crippen molar-refractivity contribution in [1.29, 1.82) is 0 Å². The minimum atomic E-state index is -0.132. The summed E-state index contributed by atoms with van der Waals surface area (Å²) in [5.41, 5.74) is 7.03. The fraction of sp³-hybridized carbons (Fsp3) is 0.500. The van der Waals surface area contributed by atoms with Crippen LogP contribution in [0.25, 0.3) is 0 Å². The normalized spacial score (nSPS) is 11.5. The Morgan fingerprint density at radius 3 is 2.60 bits per heavy atom. The number of hydrogen-bond donors (Lipinski definition) is 1. The maximum absolute atomic E-state index is 5.96. The van der Waals surface area contributed by atoms with Gasteiger partial charge in [-0.2, -0.15) is 0 Å². The topological polar surface area (TPSA) is 35.2 Å². The van der Waals surface area contributed by atoms with E-state index in [9.17, 15) is 0 Å². The maximum atomic E-state index is 5.96. The first-order valence-corrected chi connectivity index (χ1v) is 5.83. The van der Waals surface area contributed by atoms with Crippen molar-refractivity contribution in [2.45, 2.75) is 32.2 Å². The largest absolute Gasteiger partial charge is 0.496 e. The number of rotatable bonds is 4. The molecule has 84 valence electrons. The van der Waals surface area contributed by atoms with Crippen LogP contribution in [0.1, 0.15) is 25.8 Å². The van der Waals surface area contributed by atoms with Crippen molar-refractivity contribution in [1.82, 2.24) is 0 Å². The molecule has 0 spiro atoms. The first-order chi connectivity index (χ1) is 6.92. The number of benzene rings is 1. The molecule has 0 aromatic heterocycles. The molecule has 0 fully saturated rings. The van der Waals surface area contributed by atoms with Gasteiger partial charge in [-0.25, -0.2) is 0 Å². The zero-order valence-corrected chi connectivity index (χ0v) is 11.1. The highest BCUT2D eigenvalue weighted by atomic mass is 79.9. The lowest BCUT2D eigenvalue weighted by Gasteiger charge is -2.19. The van der Waals surface area contributed by atoms with Gasteiger partial charge in [-0.05, 0) is 50.5 Å². The minimum Gasteiger partial charge on any atom is -0.496 e. The molecule has 15 heavy (non-hydrogen) atoms. The lowest BCUT2D eigenvalue weighted by atomic mass is 9.96. The highest BCUT2D eigenvalue weighted by molar-refractivity contribution is 9.10. The molecule has 0 bridgehead atoms. The van der Waals surface area contributed by atoms with Crippen LogP contribution in [0.3, 0.4) is 0 Å². The lowest BCUT2D eigenvalue weighted by Crippen LogP contribution is -2.32. The Labute approximate surface area is 99.9 Å². The van der Waals surface area contributed by atoms with E-state index in [4.69, 9.17) is 10.5 Å². The van der Waals surface area contributed by atoms with Crippen molar-refractivity contribution < 1.29 is 4.74 Å². The fourth-order valence-corrected chi connectivity index (χ4v) is 1.81. The van der Waals surface area contributed by atoms with Crippen LogP contribution >= 0.6 is 15.9 Å². The molecule has 1 aromatic carbocycles. The number of aryl methyl sites for hydroxylation is 1. The first-order valence-electron chi connectivity index (χ1n) is 5.04. The van der Waals surface area contributed by atoms with E-state index in [-0.39, 0.29) is 5.54 Å². The summed E-state index contributed by atoms with van der Waals surface area (Å²) in [7, 11) is 1.69. The molecule has 1 aromatic rings. The Bertz CT molecular complexity index is 331. The summed E-state index contributed by atoms with van der Waals surface area (Å²) in [5.74, 6) is 0.933. The molecule has 1 rings (SSSR count). The van der Waals surface area contributed by atoms with Gasteiger partial charge in [0.1, 0.15) is 5.75 Å². The van der Waals surface area contributed by atoms with Gasteiger partial charge in [0.05, 0.1) is 7.11 Å². The number of ether oxygens (including phenoxy) is 1. The fourth-order valence-electron chi connectivity index (χ4n) is 1.40. The average Bonchev–Trinajstić information content (AvgIpc) is 2.14. The second-order valence-corrected chi connectivity index (χ2v) is 5.36. The van der Waals surface area contributed by atoms with Crippen LogP contribution < -0.4 is 10.5 Å². The standard InChI is InChI=1S/C12H18BrNO/c1-12(2,14)7-6-9-8-10(13)4-5-11(9)15-3/h4-5,8H,6-7,14H2,1-3H3. The van der Waals surface area contributed by atoms with Crippen molar-refractivity contribution >= 4 is 15.9 Å². The summed E-state index contributed by atoms with van der Waals surface area (Å²) in [6, 6.07) is 6.05. The predicted octanol–water partition coefficient (Wildman–Crippen LogP) is 3.13. The van der Waals surface area contributed by atoms with E-state index in [0.717, 1.165) is 23.1 Å². The van der Waals surface area contributed by atoms with Gasteiger partial charge in [0, 0.05) is 10.0 Å². The van der Waals surface area contributed by atoms with Gasteiger partial charge in [0.15, 0.2) is 0 Å². The monoisotopic (exact) mass is 271 g/mol. The Morgan fingerprint density at radius 1 is 1.40 bits per heavy atom. The maximum Gasteiger partial charge on any atom is 0.122 e. The van der Waals surface area contributed by atoms with Crippen LogP contribution in [0.5, 0.6) is 5.75 Å². The van der Waals surface area contributed by atoms with E-state index in [0.29, 0.717) is 0 Å². The zero-order chi connectivity index (χ0) is 11.5. The molecule has 0 amide bonds. The zero-order valence-electron chi connectivity index (χ0n) is 9.51. The molecule has 0 atom stereocenters. The smallest absolute Gasteiger partial charge is 0.122 e. The predicted molar refractivity (Wildman–Crippen MR) is 67.3 cm³/mol. The molecular formula is C12H18BrNO. The molecule has 0 saturated carbocycles. The second-order valence-electron chi connectivity index (χ2n) is 4.44. The third-order valence-corrected chi connectivity index (χ3v) is 2.77. The van der Waals surface area contributed by atoms with Gasteiger partial charge in [0.25, 0.3) is 0 Å². The van der Waals surface area contributed by atoms with Crippen LogP contribution in [-0.4, -0.2) is 12.6 Å². The van der Waals surface area contributed by atoms with E-state index in [1.54, 1.807) is 7.11 Å². The quantitative estimate of drug-likeness (QED) is 0.914. The lowest BCUT2D eigenvalue weighted by molar-refractivity contribution is 0.404. The highest BCUT2D eigenvalue weighted by Crippen LogP contribution is 2.25. The Kier molecular flexibility index (Phi) is 4.17. The molecule has 0 unspecified atom stereocenters. The summed E-state index contributed by atoms with van der Waals surface area (Å²) >= 11 is 3.46. The Morgan fingerprint density at radius 2 is 2.07 bits per heavy atom. The van der Waals surface area contributed by atoms with Gasteiger partial charge in [0.2, 0.25) is 0 Å². The summed E-state index contributed by atoms with van der Waals surface area (Å²) in [4.78, 5) is 0.